The minimum Gasteiger partial charge on any atom is -0.478 e. The van der Waals surface area contributed by atoms with E-state index in [1.54, 1.807) is 83.9 Å². The number of fused-ring (bicyclic) bond motifs is 2. The number of carbonyl (C=O) groups is 4. The Hall–Kier alpha value is -8.22. The number of nitrogens with two attached hydrogens (primary N) is 2. The summed E-state index contributed by atoms with van der Waals surface area (Å²) in [6, 6.07) is 21.2. The predicted molar refractivity (Wildman–Crippen MR) is 318 cm³/mol. The molecule has 6 N–H and O–H groups in total. The molecular weight excluding hydrogens is 1150 g/mol. The number of pyridine rings is 4. The largest absolute Gasteiger partial charge is 0.478 e. The van der Waals surface area contributed by atoms with Crippen molar-refractivity contribution in [2.45, 2.75) is 76.9 Å². The van der Waals surface area contributed by atoms with Gasteiger partial charge in [0.2, 0.25) is 0 Å². The number of nitrogens with one attached hydrogen (secondary N) is 1. The molecule has 85 heavy (non-hydrogen) atoms. The highest BCUT2D eigenvalue weighted by Gasteiger charge is 2.36. The summed E-state index contributed by atoms with van der Waals surface area (Å²) in [7, 11) is 0. The summed E-state index contributed by atoms with van der Waals surface area (Å²) in [5.74, 6) is -0.950. The van der Waals surface area contributed by atoms with Crippen molar-refractivity contribution in [3.63, 3.8) is 0 Å². The fourth-order valence-corrected chi connectivity index (χ4v) is 11.4. The summed E-state index contributed by atoms with van der Waals surface area (Å²) in [6.07, 6.45) is 3.37. The highest BCUT2D eigenvalue weighted by molar-refractivity contribution is 7.19. The van der Waals surface area contributed by atoms with E-state index < -0.39 is 35.0 Å². The number of aromatic nitrogens is 4. The van der Waals surface area contributed by atoms with Crippen molar-refractivity contribution < 1.29 is 60.1 Å². The Labute approximate surface area is 493 Å². The second kappa shape index (κ2) is 26.8. The molecule has 2 fully saturated rings. The number of carboxylic acids is 1. The first-order valence-corrected chi connectivity index (χ1v) is 28.4. The van der Waals surface area contributed by atoms with Gasteiger partial charge in [0.15, 0.2) is 11.6 Å². The molecule has 1 amide bonds. The number of anilines is 2. The van der Waals surface area contributed by atoms with Crippen LogP contribution in [-0.4, -0.2) is 104 Å². The Balaban J connectivity index is 0.000000198. The van der Waals surface area contributed by atoms with E-state index in [2.05, 4.69) is 39.1 Å². The zero-order valence-corrected chi connectivity index (χ0v) is 48.3. The average molecular weight is 1210 g/mol. The average Bonchev–Trinajstić information content (AvgIpc) is 2.08. The number of halogens is 6. The standard InChI is InChI=1S/C31H29F3N4O3S.C25H18F3N3O3S.C6H13NO/c1-30(2)18-38(11-12-41-30)29(40)20-5-9-26(36-17-20)21-13-22-14-24(42-28(22)25(15-21)31(32,33)34)8-7-23(39)6-3-19-4-10-27(35)37-16-19;26-25(27,28)20-11-16(21-7-3-15(13-30-21)24(33)34)9-17-10-19(35-23(17)20)6-5-18(32)4-1-14-2-8-22(29)31-12-14;1-6(2)5-7-3-4-8-6/h3-6,9-10,13-17H,7-8,11-12,18H2,1-2H3,(H2,35,37);1-4,7-13H,5-6H2,(H2,29,31)(H,33,34);7H,3-5H2,1-2H3/b6-3+;4-1+;. The van der Waals surface area contributed by atoms with Crippen molar-refractivity contribution in [3.8, 4) is 22.5 Å². The monoisotopic (exact) mass is 1210 g/mol. The Morgan fingerprint density at radius 1 is 0.635 bits per heavy atom. The van der Waals surface area contributed by atoms with Crippen LogP contribution in [0.5, 0.6) is 0 Å². The van der Waals surface area contributed by atoms with Crippen molar-refractivity contribution in [2.24, 2.45) is 0 Å². The molecule has 0 spiro atoms. The van der Waals surface area contributed by atoms with E-state index in [-0.39, 0.29) is 62.1 Å². The summed E-state index contributed by atoms with van der Waals surface area (Å²) in [5, 5.41) is 13.1. The lowest BCUT2D eigenvalue weighted by Gasteiger charge is -2.38. The second-order valence-corrected chi connectivity index (χ2v) is 23.5. The maximum absolute atomic E-state index is 14.1. The third-order valence-electron chi connectivity index (χ3n) is 13.4. The molecule has 10 rings (SSSR count). The van der Waals surface area contributed by atoms with Gasteiger partial charge in [0, 0.05) is 94.1 Å². The highest BCUT2D eigenvalue weighted by atomic mass is 32.1. The number of benzene rings is 2. The Kier molecular flexibility index (Phi) is 19.8. The highest BCUT2D eigenvalue weighted by Crippen LogP contribution is 2.43. The first kappa shape index (κ1) is 62.8. The number of thiophene rings is 2. The number of carboxylic acid groups (broad SMARTS) is 1. The Morgan fingerprint density at radius 2 is 1.12 bits per heavy atom. The van der Waals surface area contributed by atoms with Crippen LogP contribution in [0.4, 0.5) is 38.0 Å². The zero-order valence-electron chi connectivity index (χ0n) is 46.6. The Bertz CT molecular complexity index is 3740. The van der Waals surface area contributed by atoms with Gasteiger partial charge in [0.05, 0.1) is 58.1 Å². The number of aromatic carboxylic acids is 1. The number of morpholine rings is 2. The van der Waals surface area contributed by atoms with Gasteiger partial charge in [0.25, 0.3) is 5.91 Å². The van der Waals surface area contributed by atoms with Crippen LogP contribution in [0.15, 0.2) is 122 Å². The van der Waals surface area contributed by atoms with Gasteiger partial charge >= 0.3 is 18.3 Å². The molecule has 2 aliphatic rings. The summed E-state index contributed by atoms with van der Waals surface area (Å²) in [5.41, 5.74) is 11.9. The number of hydrogen-bond acceptors (Lipinski definition) is 15. The summed E-state index contributed by atoms with van der Waals surface area (Å²) in [4.78, 5) is 67.9. The van der Waals surface area contributed by atoms with Crippen molar-refractivity contribution in [1.82, 2.24) is 30.2 Å². The van der Waals surface area contributed by atoms with Crippen LogP contribution >= 0.6 is 22.7 Å². The van der Waals surface area contributed by atoms with Gasteiger partial charge in [-0.15, -0.1) is 22.7 Å². The van der Waals surface area contributed by atoms with Gasteiger partial charge in [-0.05, 0) is 172 Å². The van der Waals surface area contributed by atoms with Crippen LogP contribution < -0.4 is 16.8 Å². The lowest BCUT2D eigenvalue weighted by Crippen LogP contribution is -2.50. The van der Waals surface area contributed by atoms with Gasteiger partial charge in [-0.25, -0.2) is 14.8 Å². The molecule has 0 unspecified atom stereocenters. The smallest absolute Gasteiger partial charge is 0.417 e. The zero-order chi connectivity index (χ0) is 61.3. The molecule has 0 radical (unpaired) electrons. The van der Waals surface area contributed by atoms with Crippen molar-refractivity contribution >= 4 is 90.1 Å². The third-order valence-corrected chi connectivity index (χ3v) is 15.9. The Morgan fingerprint density at radius 3 is 1.49 bits per heavy atom. The number of carbonyl (C=O) groups excluding carboxylic acids is 3. The van der Waals surface area contributed by atoms with Gasteiger partial charge in [0.1, 0.15) is 11.6 Å². The third kappa shape index (κ3) is 17.4. The first-order valence-electron chi connectivity index (χ1n) is 26.7. The quantitative estimate of drug-likeness (QED) is 0.0587. The number of ether oxygens (including phenoxy) is 2. The SMILES string of the molecule is CC1(C)CN(C(=O)c2ccc(-c3cc(C(F)(F)F)c4sc(CCC(=O)/C=C/c5ccc(N)nc5)cc4c3)nc2)CCO1.CC1(C)CNCCO1.Nc1ccc(/C=C/C(=O)CCc2cc3cc(-c4ccc(C(=O)O)cn4)cc(C(F)(F)F)c3s2)cn1. The van der Waals surface area contributed by atoms with E-state index in [0.29, 0.717) is 87.1 Å². The molecule has 0 atom stereocenters. The number of aryl methyl sites for hydroxylation is 2. The van der Waals surface area contributed by atoms with Crippen LogP contribution in [0.25, 0.3) is 54.8 Å². The molecular formula is C62H60F6N8O7S2. The molecule has 8 aromatic rings. The molecule has 2 saturated heterocycles. The van der Waals surface area contributed by atoms with Crippen LogP contribution in [0.3, 0.4) is 0 Å². The summed E-state index contributed by atoms with van der Waals surface area (Å²) >= 11 is 2.03. The fraction of sp³-hybridized carbons (Fsp3) is 0.290. The molecule has 444 valence electrons. The number of allylic oxidation sites excluding steroid dienone is 2. The maximum Gasteiger partial charge on any atom is 0.417 e. The van der Waals surface area contributed by atoms with E-state index in [0.717, 1.165) is 66.3 Å². The van der Waals surface area contributed by atoms with Gasteiger partial charge in [-0.3, -0.25) is 24.4 Å². The normalized spacial score (nSPS) is 15.1. The minimum absolute atomic E-state index is 0.0601. The maximum atomic E-state index is 14.1. The van der Waals surface area contributed by atoms with E-state index in [1.165, 1.54) is 36.7 Å². The van der Waals surface area contributed by atoms with Gasteiger partial charge in [-0.1, -0.05) is 0 Å². The van der Waals surface area contributed by atoms with Crippen molar-refractivity contribution in [3.05, 3.63) is 165 Å². The minimum atomic E-state index is -4.59. The molecule has 6 aromatic heterocycles. The lowest BCUT2D eigenvalue weighted by molar-refractivity contribution is -0.137. The van der Waals surface area contributed by atoms with Crippen LogP contribution in [0.1, 0.15) is 93.3 Å². The number of nitrogens with zero attached hydrogens (tertiary/aromatic N) is 5. The number of hydrogen-bond donors (Lipinski definition) is 4. The molecule has 15 nitrogen and oxygen atoms in total. The lowest BCUT2D eigenvalue weighted by atomic mass is 10.0. The fourth-order valence-electron chi connectivity index (χ4n) is 9.04. The van der Waals surface area contributed by atoms with Crippen LogP contribution in [0, 0.1) is 0 Å². The van der Waals surface area contributed by atoms with E-state index >= 15 is 0 Å². The van der Waals surface area contributed by atoms with Crippen molar-refractivity contribution in [2.75, 3.05) is 50.9 Å². The molecule has 2 aromatic carbocycles. The second-order valence-electron chi connectivity index (χ2n) is 21.2. The number of nitrogen functional groups attached to an aromatic ring is 2. The number of rotatable bonds is 14. The van der Waals surface area contributed by atoms with Crippen LogP contribution in [0.2, 0.25) is 0 Å². The first-order chi connectivity index (χ1) is 40.2. The molecule has 0 saturated carbocycles. The topological polar surface area (TPSA) is 226 Å². The molecule has 2 aliphatic heterocycles. The van der Waals surface area contributed by atoms with Gasteiger partial charge in [-0.2, -0.15) is 26.3 Å². The number of amides is 1. The van der Waals surface area contributed by atoms with Crippen molar-refractivity contribution in [1.29, 1.82) is 0 Å². The van der Waals surface area contributed by atoms with Gasteiger partial charge < -0.3 is 36.3 Å². The molecule has 0 aliphatic carbocycles. The van der Waals surface area contributed by atoms with E-state index in [1.807, 2.05) is 13.8 Å². The van der Waals surface area contributed by atoms with Crippen LogP contribution in [-0.2, 0) is 44.3 Å². The number of alkyl halides is 6. The van der Waals surface area contributed by atoms with E-state index in [9.17, 15) is 45.5 Å². The molecule has 8 heterocycles. The summed E-state index contributed by atoms with van der Waals surface area (Å²) in [6.45, 7) is 12.2. The number of ketones is 2. The van der Waals surface area contributed by atoms with E-state index in [4.69, 9.17) is 26.0 Å². The summed E-state index contributed by atoms with van der Waals surface area (Å²) < 4.78 is 95.1. The molecule has 23 heteroatoms. The predicted octanol–water partition coefficient (Wildman–Crippen LogP) is 12.7. The molecule has 0 bridgehead atoms.